The molecule has 0 aliphatic carbocycles. The van der Waals surface area contributed by atoms with Crippen LogP contribution < -0.4 is 10.1 Å². The van der Waals surface area contributed by atoms with Crippen LogP contribution in [-0.4, -0.2) is 20.3 Å². The molecule has 1 aromatic heterocycles. The van der Waals surface area contributed by atoms with Crippen molar-refractivity contribution in [3.8, 4) is 5.75 Å². The molecular formula is C15H22N4O. The second-order valence-corrected chi connectivity index (χ2v) is 5.86. The fraction of sp³-hybridized carbons (Fsp3) is 0.467. The van der Waals surface area contributed by atoms with E-state index in [4.69, 9.17) is 4.74 Å². The average Bonchev–Trinajstić information content (AvgIpc) is 2.79. The van der Waals surface area contributed by atoms with Crippen LogP contribution in [-0.2, 0) is 20.2 Å². The summed E-state index contributed by atoms with van der Waals surface area (Å²) in [4.78, 5) is 0. The van der Waals surface area contributed by atoms with E-state index in [1.165, 1.54) is 0 Å². The van der Waals surface area contributed by atoms with E-state index in [0.717, 1.165) is 23.7 Å². The topological polar surface area (TPSA) is 52.0 Å². The van der Waals surface area contributed by atoms with Crippen LogP contribution in [0.1, 0.15) is 32.2 Å². The Balaban J connectivity index is 2.02. The van der Waals surface area contributed by atoms with Crippen LogP contribution in [0.4, 0.5) is 0 Å². The summed E-state index contributed by atoms with van der Waals surface area (Å²) in [5.41, 5.74) is 1.22. The van der Waals surface area contributed by atoms with Crippen molar-refractivity contribution in [3.05, 3.63) is 42.0 Å². The highest BCUT2D eigenvalue weighted by Gasteiger charge is 2.11. The van der Waals surface area contributed by atoms with E-state index in [-0.39, 0.29) is 5.54 Å². The highest BCUT2D eigenvalue weighted by atomic mass is 16.5. The van der Waals surface area contributed by atoms with Gasteiger partial charge in [-0.3, -0.25) is 0 Å². The lowest BCUT2D eigenvalue weighted by Gasteiger charge is -2.21. The van der Waals surface area contributed by atoms with E-state index < -0.39 is 0 Å². The molecule has 0 aliphatic heterocycles. The third-order valence-corrected chi connectivity index (χ3v) is 2.94. The van der Waals surface area contributed by atoms with Gasteiger partial charge < -0.3 is 14.6 Å². The molecule has 2 aromatic rings. The summed E-state index contributed by atoms with van der Waals surface area (Å²) < 4.78 is 7.72. The standard InChI is InChI=1S/C15H22N4O/c1-15(2,3)16-9-12-7-5-6-8-13(12)20-10-14-18-17-11-19(14)4/h5-8,11,16H,9-10H2,1-4H3. The maximum atomic E-state index is 5.86. The van der Waals surface area contributed by atoms with E-state index in [9.17, 15) is 0 Å². The Kier molecular flexibility index (Phi) is 4.39. The third-order valence-electron chi connectivity index (χ3n) is 2.94. The number of nitrogens with one attached hydrogen (secondary N) is 1. The Labute approximate surface area is 120 Å². The summed E-state index contributed by atoms with van der Waals surface area (Å²) in [6.45, 7) is 7.64. The van der Waals surface area contributed by atoms with Crippen LogP contribution in [0.3, 0.4) is 0 Å². The van der Waals surface area contributed by atoms with E-state index in [2.05, 4.69) is 42.4 Å². The normalized spacial score (nSPS) is 11.6. The molecule has 0 saturated carbocycles. The van der Waals surface area contributed by atoms with Crippen molar-refractivity contribution in [2.75, 3.05) is 0 Å². The average molecular weight is 274 g/mol. The minimum atomic E-state index is 0.0801. The first-order chi connectivity index (χ1) is 9.46. The van der Waals surface area contributed by atoms with Gasteiger partial charge in [0.15, 0.2) is 5.82 Å². The zero-order valence-corrected chi connectivity index (χ0v) is 12.6. The molecule has 108 valence electrons. The van der Waals surface area contributed by atoms with Gasteiger partial charge in [-0.15, -0.1) is 10.2 Å². The van der Waals surface area contributed by atoms with Gasteiger partial charge in [-0.1, -0.05) is 18.2 Å². The first-order valence-electron chi connectivity index (χ1n) is 6.74. The lowest BCUT2D eigenvalue weighted by atomic mass is 10.1. The quantitative estimate of drug-likeness (QED) is 0.909. The van der Waals surface area contributed by atoms with Crippen molar-refractivity contribution in [2.45, 2.75) is 39.5 Å². The first kappa shape index (κ1) is 14.5. The number of hydrogen-bond donors (Lipinski definition) is 1. The van der Waals surface area contributed by atoms with Crippen molar-refractivity contribution < 1.29 is 4.74 Å². The third kappa shape index (κ3) is 4.06. The lowest BCUT2D eigenvalue weighted by Crippen LogP contribution is -2.35. The van der Waals surface area contributed by atoms with Crippen LogP contribution in [0.15, 0.2) is 30.6 Å². The monoisotopic (exact) mass is 274 g/mol. The Morgan fingerprint density at radius 3 is 2.65 bits per heavy atom. The maximum Gasteiger partial charge on any atom is 0.170 e. The second-order valence-electron chi connectivity index (χ2n) is 5.86. The summed E-state index contributed by atoms with van der Waals surface area (Å²) in [5, 5.41) is 11.3. The molecule has 0 unspecified atom stereocenters. The Morgan fingerprint density at radius 1 is 1.25 bits per heavy atom. The smallest absolute Gasteiger partial charge is 0.170 e. The van der Waals surface area contributed by atoms with Crippen molar-refractivity contribution in [1.29, 1.82) is 0 Å². The number of ether oxygens (including phenoxy) is 1. The summed E-state index contributed by atoms with van der Waals surface area (Å²) in [5.74, 6) is 1.69. The molecule has 0 saturated heterocycles. The molecule has 0 fully saturated rings. The van der Waals surface area contributed by atoms with Crippen LogP contribution in [0.2, 0.25) is 0 Å². The van der Waals surface area contributed by atoms with E-state index in [1.54, 1.807) is 6.33 Å². The number of hydrogen-bond acceptors (Lipinski definition) is 4. The predicted molar refractivity (Wildman–Crippen MR) is 78.4 cm³/mol. The van der Waals surface area contributed by atoms with Crippen LogP contribution >= 0.6 is 0 Å². The van der Waals surface area contributed by atoms with Gasteiger partial charge in [0.1, 0.15) is 18.7 Å². The molecule has 1 N–H and O–H groups in total. The Hall–Kier alpha value is -1.88. The largest absolute Gasteiger partial charge is 0.485 e. The van der Waals surface area contributed by atoms with Gasteiger partial charge in [-0.05, 0) is 26.8 Å². The molecule has 0 amide bonds. The predicted octanol–water partition coefficient (Wildman–Crippen LogP) is 2.28. The first-order valence-corrected chi connectivity index (χ1v) is 6.74. The van der Waals surface area contributed by atoms with E-state index in [1.807, 2.05) is 29.8 Å². The second kappa shape index (κ2) is 6.05. The summed E-state index contributed by atoms with van der Waals surface area (Å²) >= 11 is 0. The van der Waals surface area contributed by atoms with Gasteiger partial charge in [0.2, 0.25) is 0 Å². The number of aryl methyl sites for hydroxylation is 1. The van der Waals surface area contributed by atoms with E-state index in [0.29, 0.717) is 6.61 Å². The zero-order valence-electron chi connectivity index (χ0n) is 12.6. The van der Waals surface area contributed by atoms with Crippen LogP contribution in [0, 0.1) is 0 Å². The fourth-order valence-electron chi connectivity index (χ4n) is 1.73. The van der Waals surface area contributed by atoms with Gasteiger partial charge in [-0.25, -0.2) is 0 Å². The number of para-hydroxylation sites is 1. The highest BCUT2D eigenvalue weighted by Crippen LogP contribution is 2.19. The molecule has 0 spiro atoms. The number of nitrogens with zero attached hydrogens (tertiary/aromatic N) is 3. The van der Waals surface area contributed by atoms with Gasteiger partial charge in [-0.2, -0.15) is 0 Å². The molecule has 20 heavy (non-hydrogen) atoms. The van der Waals surface area contributed by atoms with Gasteiger partial charge >= 0.3 is 0 Å². The van der Waals surface area contributed by atoms with E-state index >= 15 is 0 Å². The number of aromatic nitrogens is 3. The van der Waals surface area contributed by atoms with Crippen molar-refractivity contribution >= 4 is 0 Å². The Morgan fingerprint density at radius 2 is 2.00 bits per heavy atom. The molecule has 0 aliphatic rings. The molecule has 1 aromatic carbocycles. The summed E-state index contributed by atoms with van der Waals surface area (Å²) in [7, 11) is 1.91. The maximum absolute atomic E-state index is 5.86. The molecular weight excluding hydrogens is 252 g/mol. The van der Waals surface area contributed by atoms with Crippen molar-refractivity contribution in [2.24, 2.45) is 7.05 Å². The summed E-state index contributed by atoms with van der Waals surface area (Å²) in [6.07, 6.45) is 1.67. The fourth-order valence-corrected chi connectivity index (χ4v) is 1.73. The van der Waals surface area contributed by atoms with Gasteiger partial charge in [0.25, 0.3) is 0 Å². The minimum absolute atomic E-state index is 0.0801. The summed E-state index contributed by atoms with van der Waals surface area (Å²) in [6, 6.07) is 8.06. The van der Waals surface area contributed by atoms with Gasteiger partial charge in [0.05, 0.1) is 0 Å². The SMILES string of the molecule is Cn1cnnc1COc1ccccc1CNC(C)(C)C. The molecule has 5 heteroatoms. The molecule has 0 bridgehead atoms. The van der Waals surface area contributed by atoms with Crippen molar-refractivity contribution in [1.82, 2.24) is 20.1 Å². The molecule has 2 rings (SSSR count). The molecule has 0 radical (unpaired) electrons. The van der Waals surface area contributed by atoms with Crippen LogP contribution in [0.25, 0.3) is 0 Å². The number of benzene rings is 1. The molecule has 5 nitrogen and oxygen atoms in total. The zero-order chi connectivity index (χ0) is 14.6. The van der Waals surface area contributed by atoms with Gasteiger partial charge in [0, 0.05) is 24.7 Å². The van der Waals surface area contributed by atoms with Crippen LogP contribution in [0.5, 0.6) is 5.75 Å². The molecule has 0 atom stereocenters. The number of rotatable bonds is 5. The minimum Gasteiger partial charge on any atom is -0.485 e. The molecule has 1 heterocycles. The van der Waals surface area contributed by atoms with Crippen molar-refractivity contribution in [3.63, 3.8) is 0 Å². The highest BCUT2D eigenvalue weighted by molar-refractivity contribution is 5.33. The lowest BCUT2D eigenvalue weighted by molar-refractivity contribution is 0.286. The Bertz CT molecular complexity index is 557.